The average molecular weight is 286 g/mol. The fourth-order valence-corrected chi connectivity index (χ4v) is 2.94. The molecule has 4 heteroatoms. The first-order valence-electron chi connectivity index (χ1n) is 7.54. The van der Waals surface area contributed by atoms with Gasteiger partial charge in [-0.15, -0.1) is 0 Å². The molecule has 1 fully saturated rings. The lowest BCUT2D eigenvalue weighted by Crippen LogP contribution is -2.27. The number of methoxy groups -OCH3 is 1. The van der Waals surface area contributed by atoms with E-state index in [-0.39, 0.29) is 6.10 Å². The first-order valence-corrected chi connectivity index (χ1v) is 7.54. The third kappa shape index (κ3) is 3.40. The molecule has 2 aromatic rings. The second-order valence-electron chi connectivity index (χ2n) is 5.49. The number of nitrogens with zero attached hydrogens (tertiary/aromatic N) is 1. The molecular weight excluding hydrogens is 264 g/mol. The molecule has 112 valence electrons. The van der Waals surface area contributed by atoms with Crippen LogP contribution in [0.3, 0.4) is 0 Å². The number of aromatic nitrogens is 1. The molecule has 2 atom stereocenters. The van der Waals surface area contributed by atoms with Crippen LogP contribution in [0.1, 0.15) is 18.1 Å². The maximum absolute atomic E-state index is 5.97. The van der Waals surface area contributed by atoms with Gasteiger partial charge in [0, 0.05) is 44.3 Å². The van der Waals surface area contributed by atoms with Gasteiger partial charge in [-0.05, 0) is 30.2 Å². The molecule has 1 aromatic heterocycles. The summed E-state index contributed by atoms with van der Waals surface area (Å²) >= 11 is 0. The van der Waals surface area contributed by atoms with Gasteiger partial charge in [-0.1, -0.05) is 12.1 Å². The molecule has 0 amide bonds. The zero-order valence-electron chi connectivity index (χ0n) is 12.4. The lowest BCUT2D eigenvalue weighted by molar-refractivity contribution is 0.0899. The van der Waals surface area contributed by atoms with Gasteiger partial charge >= 0.3 is 0 Å². The number of fused-ring (bicyclic) bond motifs is 1. The van der Waals surface area contributed by atoms with Crippen molar-refractivity contribution in [3.63, 3.8) is 0 Å². The van der Waals surface area contributed by atoms with E-state index in [9.17, 15) is 0 Å². The monoisotopic (exact) mass is 286 g/mol. The normalized spacial score (nSPS) is 22.0. The van der Waals surface area contributed by atoms with Crippen molar-refractivity contribution in [2.24, 2.45) is 5.92 Å². The summed E-state index contributed by atoms with van der Waals surface area (Å²) in [7, 11) is 1.73. The van der Waals surface area contributed by atoms with Crippen molar-refractivity contribution in [3.05, 3.63) is 42.1 Å². The van der Waals surface area contributed by atoms with E-state index in [1.165, 1.54) is 10.9 Å². The highest BCUT2D eigenvalue weighted by atomic mass is 16.5. The van der Waals surface area contributed by atoms with Crippen molar-refractivity contribution in [2.75, 3.05) is 33.4 Å². The van der Waals surface area contributed by atoms with Crippen molar-refractivity contribution < 1.29 is 9.47 Å². The van der Waals surface area contributed by atoms with Crippen LogP contribution in [0, 0.1) is 5.92 Å². The SMILES string of the molecule is COCCNCC1CCOC1c1ccc2ncccc2c1. The van der Waals surface area contributed by atoms with Gasteiger partial charge in [0.2, 0.25) is 0 Å². The van der Waals surface area contributed by atoms with Crippen LogP contribution in [0.4, 0.5) is 0 Å². The van der Waals surface area contributed by atoms with Crippen LogP contribution >= 0.6 is 0 Å². The molecule has 0 bridgehead atoms. The third-order valence-corrected chi connectivity index (χ3v) is 4.06. The van der Waals surface area contributed by atoms with Gasteiger partial charge in [0.1, 0.15) is 0 Å². The Labute approximate surface area is 125 Å². The lowest BCUT2D eigenvalue weighted by atomic mass is 9.94. The second-order valence-corrected chi connectivity index (χ2v) is 5.49. The Morgan fingerprint density at radius 3 is 3.24 bits per heavy atom. The number of ether oxygens (including phenoxy) is 2. The molecule has 2 unspecified atom stereocenters. The summed E-state index contributed by atoms with van der Waals surface area (Å²) in [5.41, 5.74) is 2.29. The number of hydrogen-bond acceptors (Lipinski definition) is 4. The van der Waals surface area contributed by atoms with Crippen LogP contribution in [-0.4, -0.2) is 38.4 Å². The minimum atomic E-state index is 0.185. The molecule has 3 rings (SSSR count). The topological polar surface area (TPSA) is 43.4 Å². The summed E-state index contributed by atoms with van der Waals surface area (Å²) in [5.74, 6) is 0.524. The standard InChI is InChI=1S/C17H22N2O2/c1-20-10-8-18-12-15-6-9-21-17(15)14-4-5-16-13(11-14)3-2-7-19-16/h2-5,7,11,15,17-18H,6,8-10,12H2,1H3. The highest BCUT2D eigenvalue weighted by Gasteiger charge is 2.29. The number of hydrogen-bond donors (Lipinski definition) is 1. The fraction of sp³-hybridized carbons (Fsp3) is 0.471. The Kier molecular flexibility index (Phi) is 4.80. The molecule has 0 spiro atoms. The van der Waals surface area contributed by atoms with Crippen LogP contribution in [-0.2, 0) is 9.47 Å². The summed E-state index contributed by atoms with van der Waals surface area (Å²) in [6.45, 7) is 3.45. The molecule has 0 radical (unpaired) electrons. The molecule has 1 N–H and O–H groups in total. The average Bonchev–Trinajstić information content (AvgIpc) is 2.99. The molecule has 21 heavy (non-hydrogen) atoms. The van der Waals surface area contributed by atoms with Gasteiger partial charge in [0.15, 0.2) is 0 Å². The second kappa shape index (κ2) is 6.98. The van der Waals surface area contributed by atoms with E-state index in [1.807, 2.05) is 12.3 Å². The molecule has 1 aromatic carbocycles. The Morgan fingerprint density at radius 2 is 2.33 bits per heavy atom. The summed E-state index contributed by atoms with van der Waals surface area (Å²) in [6.07, 6.45) is 3.12. The van der Waals surface area contributed by atoms with Crippen molar-refractivity contribution >= 4 is 10.9 Å². The van der Waals surface area contributed by atoms with Gasteiger partial charge in [-0.25, -0.2) is 0 Å². The van der Waals surface area contributed by atoms with Gasteiger partial charge in [-0.3, -0.25) is 4.98 Å². The maximum atomic E-state index is 5.97. The maximum Gasteiger partial charge on any atom is 0.0866 e. The lowest BCUT2D eigenvalue weighted by Gasteiger charge is -2.19. The Hall–Kier alpha value is -1.49. The zero-order chi connectivity index (χ0) is 14.5. The predicted octanol–water partition coefficient (Wildman–Crippen LogP) is 2.55. The minimum Gasteiger partial charge on any atom is -0.383 e. The highest BCUT2D eigenvalue weighted by Crippen LogP contribution is 2.35. The fourth-order valence-electron chi connectivity index (χ4n) is 2.94. The van der Waals surface area contributed by atoms with E-state index in [2.05, 4.69) is 34.6 Å². The van der Waals surface area contributed by atoms with E-state index < -0.39 is 0 Å². The number of benzene rings is 1. The van der Waals surface area contributed by atoms with Gasteiger partial charge in [0.25, 0.3) is 0 Å². The number of pyridine rings is 1. The Morgan fingerprint density at radius 1 is 1.38 bits per heavy atom. The van der Waals surface area contributed by atoms with Crippen LogP contribution in [0.5, 0.6) is 0 Å². The molecule has 1 saturated heterocycles. The summed E-state index contributed by atoms with van der Waals surface area (Å²) in [6, 6.07) is 10.5. The molecule has 0 aliphatic carbocycles. The third-order valence-electron chi connectivity index (χ3n) is 4.06. The van der Waals surface area contributed by atoms with Crippen LogP contribution in [0.25, 0.3) is 10.9 Å². The van der Waals surface area contributed by atoms with E-state index in [1.54, 1.807) is 7.11 Å². The smallest absolute Gasteiger partial charge is 0.0866 e. The van der Waals surface area contributed by atoms with E-state index in [4.69, 9.17) is 9.47 Å². The highest BCUT2D eigenvalue weighted by molar-refractivity contribution is 5.79. The number of rotatable bonds is 6. The summed E-state index contributed by atoms with van der Waals surface area (Å²) in [5, 5.41) is 4.63. The quantitative estimate of drug-likeness (QED) is 0.829. The molecular formula is C17H22N2O2. The molecule has 4 nitrogen and oxygen atoms in total. The summed E-state index contributed by atoms with van der Waals surface area (Å²) < 4.78 is 11.0. The first kappa shape index (κ1) is 14.4. The zero-order valence-corrected chi connectivity index (χ0v) is 12.4. The van der Waals surface area contributed by atoms with E-state index >= 15 is 0 Å². The van der Waals surface area contributed by atoms with Crippen LogP contribution in [0.15, 0.2) is 36.5 Å². The van der Waals surface area contributed by atoms with Gasteiger partial charge in [-0.2, -0.15) is 0 Å². The van der Waals surface area contributed by atoms with Crippen LogP contribution in [0.2, 0.25) is 0 Å². The number of nitrogens with one attached hydrogen (secondary N) is 1. The molecule has 1 aliphatic heterocycles. The molecule has 2 heterocycles. The minimum absolute atomic E-state index is 0.185. The largest absolute Gasteiger partial charge is 0.383 e. The van der Waals surface area contributed by atoms with E-state index in [0.29, 0.717) is 5.92 Å². The van der Waals surface area contributed by atoms with Crippen molar-refractivity contribution in [1.82, 2.24) is 10.3 Å². The van der Waals surface area contributed by atoms with Crippen LogP contribution < -0.4 is 5.32 Å². The summed E-state index contributed by atoms with van der Waals surface area (Å²) in [4.78, 5) is 4.37. The molecule has 1 aliphatic rings. The first-order chi connectivity index (χ1) is 10.4. The Bertz CT molecular complexity index is 588. The predicted molar refractivity (Wildman–Crippen MR) is 83.3 cm³/mol. The van der Waals surface area contributed by atoms with E-state index in [0.717, 1.165) is 38.2 Å². The van der Waals surface area contributed by atoms with Crippen molar-refractivity contribution in [3.8, 4) is 0 Å². The van der Waals surface area contributed by atoms with Crippen molar-refractivity contribution in [1.29, 1.82) is 0 Å². The molecule has 0 saturated carbocycles. The van der Waals surface area contributed by atoms with Gasteiger partial charge in [0.05, 0.1) is 18.2 Å². The van der Waals surface area contributed by atoms with Gasteiger partial charge < -0.3 is 14.8 Å². The van der Waals surface area contributed by atoms with Crippen molar-refractivity contribution in [2.45, 2.75) is 12.5 Å². The Balaban J connectivity index is 1.70.